The highest BCUT2D eigenvalue weighted by Crippen LogP contribution is 2.30. The summed E-state index contributed by atoms with van der Waals surface area (Å²) in [6.45, 7) is 1.82. The molecule has 0 fully saturated rings. The van der Waals surface area contributed by atoms with Crippen LogP contribution in [0.2, 0.25) is 0 Å². The van der Waals surface area contributed by atoms with Crippen molar-refractivity contribution in [1.29, 1.82) is 0 Å². The van der Waals surface area contributed by atoms with Crippen LogP contribution in [0.1, 0.15) is 6.92 Å². The van der Waals surface area contributed by atoms with Gasteiger partial charge in [0, 0.05) is 10.9 Å². The maximum atomic E-state index is 11.3. The number of benzene rings is 1. The van der Waals surface area contributed by atoms with Crippen LogP contribution in [0.3, 0.4) is 0 Å². The summed E-state index contributed by atoms with van der Waals surface area (Å²) >= 11 is 2.97. The summed E-state index contributed by atoms with van der Waals surface area (Å²) < 4.78 is 5.57. The average molecular weight is 279 g/mol. The Kier molecular flexibility index (Phi) is 4.38. The predicted molar refractivity (Wildman–Crippen MR) is 74.9 cm³/mol. The number of thioether (sulfide) groups is 1. The summed E-state index contributed by atoms with van der Waals surface area (Å²) in [5.74, 6) is -0.225. The monoisotopic (exact) mass is 279 g/mol. The molecule has 0 N–H and O–H groups in total. The number of methoxy groups -OCH3 is 1. The first-order valence-electron chi connectivity index (χ1n) is 5.46. The maximum Gasteiger partial charge on any atom is 0.318 e. The van der Waals surface area contributed by atoms with Gasteiger partial charge in [0.1, 0.15) is 5.25 Å². The van der Waals surface area contributed by atoms with Gasteiger partial charge in [-0.25, -0.2) is 4.98 Å². The fraction of sp³-hybridized carbons (Fsp3) is 0.231. The zero-order valence-corrected chi connectivity index (χ0v) is 11.8. The minimum Gasteiger partial charge on any atom is -0.468 e. The number of thiazole rings is 1. The van der Waals surface area contributed by atoms with E-state index >= 15 is 0 Å². The van der Waals surface area contributed by atoms with E-state index in [-0.39, 0.29) is 11.2 Å². The van der Waals surface area contributed by atoms with Gasteiger partial charge in [0.25, 0.3) is 0 Å². The number of hydrogen-bond donors (Lipinski definition) is 0. The van der Waals surface area contributed by atoms with E-state index in [0.717, 1.165) is 15.6 Å². The van der Waals surface area contributed by atoms with Crippen molar-refractivity contribution >= 4 is 29.1 Å². The van der Waals surface area contributed by atoms with Crippen LogP contribution in [0.15, 0.2) is 40.1 Å². The number of aromatic nitrogens is 1. The van der Waals surface area contributed by atoms with Crippen molar-refractivity contribution in [1.82, 2.24) is 4.98 Å². The molecule has 2 rings (SSSR count). The third-order valence-electron chi connectivity index (χ3n) is 2.36. The van der Waals surface area contributed by atoms with Gasteiger partial charge in [-0.05, 0) is 6.92 Å². The molecular weight excluding hydrogens is 266 g/mol. The number of nitrogens with zero attached hydrogens (tertiary/aromatic N) is 1. The molecule has 0 saturated heterocycles. The molecule has 18 heavy (non-hydrogen) atoms. The van der Waals surface area contributed by atoms with Gasteiger partial charge in [-0.15, -0.1) is 11.3 Å². The molecule has 1 heterocycles. The van der Waals surface area contributed by atoms with E-state index in [4.69, 9.17) is 4.74 Å². The molecule has 0 aliphatic rings. The Balaban J connectivity index is 2.09. The molecule has 0 aliphatic carbocycles. The molecule has 0 saturated carbocycles. The van der Waals surface area contributed by atoms with E-state index < -0.39 is 0 Å². The third kappa shape index (κ3) is 3.11. The summed E-state index contributed by atoms with van der Waals surface area (Å²) in [6, 6.07) is 9.99. The third-order valence-corrected chi connectivity index (χ3v) is 4.41. The fourth-order valence-electron chi connectivity index (χ4n) is 1.42. The van der Waals surface area contributed by atoms with Crippen LogP contribution in [0.25, 0.3) is 11.3 Å². The van der Waals surface area contributed by atoms with E-state index in [1.807, 2.05) is 42.6 Å². The van der Waals surface area contributed by atoms with Crippen molar-refractivity contribution in [2.45, 2.75) is 16.5 Å². The predicted octanol–water partition coefficient (Wildman–Crippen LogP) is 3.46. The lowest BCUT2D eigenvalue weighted by molar-refractivity contribution is -0.139. The Hall–Kier alpha value is -1.33. The molecule has 1 aromatic heterocycles. The molecule has 0 amide bonds. The van der Waals surface area contributed by atoms with Gasteiger partial charge < -0.3 is 4.74 Å². The molecule has 1 atom stereocenters. The van der Waals surface area contributed by atoms with Crippen LogP contribution in [0.4, 0.5) is 0 Å². The van der Waals surface area contributed by atoms with Crippen LogP contribution in [0, 0.1) is 0 Å². The molecule has 5 heteroatoms. The molecule has 0 aliphatic heterocycles. The molecule has 1 aromatic carbocycles. The second kappa shape index (κ2) is 6.02. The second-order valence-corrected chi connectivity index (χ2v) is 6.09. The van der Waals surface area contributed by atoms with Gasteiger partial charge in [-0.1, -0.05) is 42.1 Å². The summed E-state index contributed by atoms with van der Waals surface area (Å²) in [4.78, 5) is 15.8. The van der Waals surface area contributed by atoms with E-state index in [1.54, 1.807) is 11.3 Å². The Labute approximate surface area is 114 Å². The topological polar surface area (TPSA) is 39.2 Å². The molecule has 0 radical (unpaired) electrons. The van der Waals surface area contributed by atoms with Crippen molar-refractivity contribution in [3.05, 3.63) is 35.7 Å². The highest BCUT2D eigenvalue weighted by atomic mass is 32.2. The number of esters is 1. The minimum atomic E-state index is -0.232. The fourth-order valence-corrected chi connectivity index (χ4v) is 3.42. The Bertz CT molecular complexity index is 525. The SMILES string of the molecule is COC(=O)C(C)Sc1nc(-c2ccccc2)cs1. The van der Waals surface area contributed by atoms with E-state index in [1.165, 1.54) is 18.9 Å². The molecular formula is C13H13NO2S2. The summed E-state index contributed by atoms with van der Waals surface area (Å²) in [6.07, 6.45) is 0. The van der Waals surface area contributed by atoms with Crippen LogP contribution in [0.5, 0.6) is 0 Å². The molecule has 3 nitrogen and oxygen atoms in total. The largest absolute Gasteiger partial charge is 0.468 e. The number of ether oxygens (including phenoxy) is 1. The minimum absolute atomic E-state index is 0.225. The normalized spacial score (nSPS) is 12.1. The lowest BCUT2D eigenvalue weighted by Gasteiger charge is -2.05. The second-order valence-electron chi connectivity index (χ2n) is 3.65. The number of carbonyl (C=O) groups is 1. The molecule has 2 aromatic rings. The van der Waals surface area contributed by atoms with Gasteiger partial charge in [-0.3, -0.25) is 4.79 Å². The number of hydrogen-bond acceptors (Lipinski definition) is 5. The Morgan fingerprint density at radius 2 is 2.11 bits per heavy atom. The van der Waals surface area contributed by atoms with Crippen molar-refractivity contribution < 1.29 is 9.53 Å². The smallest absolute Gasteiger partial charge is 0.318 e. The van der Waals surface area contributed by atoms with Gasteiger partial charge in [0.05, 0.1) is 12.8 Å². The van der Waals surface area contributed by atoms with Gasteiger partial charge in [0.2, 0.25) is 0 Å². The van der Waals surface area contributed by atoms with Crippen molar-refractivity contribution in [3.63, 3.8) is 0 Å². The number of rotatable bonds is 4. The molecule has 0 spiro atoms. The average Bonchev–Trinajstić information content (AvgIpc) is 2.87. The van der Waals surface area contributed by atoms with Crippen LogP contribution >= 0.6 is 23.1 Å². The van der Waals surface area contributed by atoms with Crippen LogP contribution in [-0.4, -0.2) is 23.3 Å². The van der Waals surface area contributed by atoms with E-state index in [2.05, 4.69) is 4.98 Å². The van der Waals surface area contributed by atoms with Crippen molar-refractivity contribution in [2.24, 2.45) is 0 Å². The Morgan fingerprint density at radius 1 is 1.39 bits per heavy atom. The zero-order chi connectivity index (χ0) is 13.0. The van der Waals surface area contributed by atoms with Crippen molar-refractivity contribution in [3.8, 4) is 11.3 Å². The van der Waals surface area contributed by atoms with Gasteiger partial charge in [-0.2, -0.15) is 0 Å². The summed E-state index contributed by atoms with van der Waals surface area (Å²) in [5.41, 5.74) is 2.03. The van der Waals surface area contributed by atoms with Crippen LogP contribution < -0.4 is 0 Å². The highest BCUT2D eigenvalue weighted by molar-refractivity contribution is 8.02. The maximum absolute atomic E-state index is 11.3. The van der Waals surface area contributed by atoms with Crippen molar-refractivity contribution in [2.75, 3.05) is 7.11 Å². The van der Waals surface area contributed by atoms with Gasteiger partial charge >= 0.3 is 5.97 Å². The Morgan fingerprint density at radius 3 is 2.78 bits per heavy atom. The highest BCUT2D eigenvalue weighted by Gasteiger charge is 2.16. The first kappa shape index (κ1) is 13.1. The lowest BCUT2D eigenvalue weighted by atomic mass is 10.2. The lowest BCUT2D eigenvalue weighted by Crippen LogP contribution is -2.14. The first-order chi connectivity index (χ1) is 8.70. The first-order valence-corrected chi connectivity index (χ1v) is 7.22. The van der Waals surface area contributed by atoms with Crippen LogP contribution in [-0.2, 0) is 9.53 Å². The van der Waals surface area contributed by atoms with E-state index in [9.17, 15) is 4.79 Å². The molecule has 0 bridgehead atoms. The number of carbonyl (C=O) groups excluding carboxylic acids is 1. The summed E-state index contributed by atoms with van der Waals surface area (Å²) in [5, 5.41) is 1.77. The summed E-state index contributed by atoms with van der Waals surface area (Å²) in [7, 11) is 1.40. The molecule has 1 unspecified atom stereocenters. The molecule has 94 valence electrons. The zero-order valence-electron chi connectivity index (χ0n) is 10.1. The standard InChI is InChI=1S/C13H13NO2S2/c1-9(12(15)16-2)18-13-14-11(8-17-13)10-6-4-3-5-7-10/h3-9H,1-2H3. The quantitative estimate of drug-likeness (QED) is 0.634. The van der Waals surface area contributed by atoms with E-state index in [0.29, 0.717) is 0 Å². The van der Waals surface area contributed by atoms with Gasteiger partial charge in [0.15, 0.2) is 4.34 Å².